The van der Waals surface area contributed by atoms with Gasteiger partial charge in [-0.1, -0.05) is 6.07 Å². The largest absolute Gasteiger partial charge is 0.495 e. The molecule has 0 radical (unpaired) electrons. The van der Waals surface area contributed by atoms with Crippen LogP contribution in [-0.4, -0.2) is 40.7 Å². The zero-order valence-corrected chi connectivity index (χ0v) is 12.9. The van der Waals surface area contributed by atoms with Crippen LogP contribution in [0, 0.1) is 6.92 Å². The normalized spacial score (nSPS) is 21.6. The van der Waals surface area contributed by atoms with E-state index in [1.165, 1.54) is 7.11 Å². The van der Waals surface area contributed by atoms with Crippen LogP contribution >= 0.6 is 0 Å². The standard InChI is InChI=1S/C12H17NO5S2/c1-9-3-4-12(18-2)11(7-9)13-20(16,17)10-5-6-19(14,15)8-10/h3-4,7,10,13H,5-6,8H2,1-2H3/t10-/m0/s1. The van der Waals surface area contributed by atoms with Gasteiger partial charge in [0.1, 0.15) is 5.75 Å². The van der Waals surface area contributed by atoms with Crippen molar-refractivity contribution in [2.24, 2.45) is 0 Å². The van der Waals surface area contributed by atoms with Crippen LogP contribution in [0.15, 0.2) is 18.2 Å². The molecule has 1 atom stereocenters. The third kappa shape index (κ3) is 3.24. The molecule has 1 aromatic carbocycles. The van der Waals surface area contributed by atoms with Gasteiger partial charge in [-0.05, 0) is 31.0 Å². The first-order valence-corrected chi connectivity index (χ1v) is 9.47. The molecule has 0 saturated carbocycles. The molecule has 1 aliphatic rings. The molecule has 0 spiro atoms. The number of nitrogens with one attached hydrogen (secondary N) is 1. The van der Waals surface area contributed by atoms with Gasteiger partial charge in [-0.25, -0.2) is 16.8 Å². The average Bonchev–Trinajstić information content (AvgIpc) is 2.70. The van der Waals surface area contributed by atoms with Crippen molar-refractivity contribution in [1.29, 1.82) is 0 Å². The van der Waals surface area contributed by atoms with E-state index in [1.807, 2.05) is 6.92 Å². The van der Waals surface area contributed by atoms with E-state index in [4.69, 9.17) is 4.74 Å². The van der Waals surface area contributed by atoms with E-state index in [-0.39, 0.29) is 17.9 Å². The highest BCUT2D eigenvalue weighted by Gasteiger charge is 2.37. The summed E-state index contributed by atoms with van der Waals surface area (Å²) in [6.45, 7) is 1.83. The molecule has 0 aliphatic carbocycles. The molecular formula is C12H17NO5S2. The molecule has 6 nitrogen and oxygen atoms in total. The lowest BCUT2D eigenvalue weighted by Crippen LogP contribution is -2.29. The second-order valence-electron chi connectivity index (χ2n) is 4.88. The Hall–Kier alpha value is -1.28. The van der Waals surface area contributed by atoms with E-state index >= 15 is 0 Å². The molecule has 1 aromatic rings. The number of rotatable bonds is 4. The molecule has 0 aromatic heterocycles. The molecule has 8 heteroatoms. The number of sulfone groups is 1. The Balaban J connectivity index is 2.27. The quantitative estimate of drug-likeness (QED) is 0.892. The minimum absolute atomic E-state index is 0.0798. The highest BCUT2D eigenvalue weighted by Crippen LogP contribution is 2.28. The Morgan fingerprint density at radius 1 is 1.35 bits per heavy atom. The summed E-state index contributed by atoms with van der Waals surface area (Å²) in [5.41, 5.74) is 1.21. The number of anilines is 1. The number of hydrogen-bond donors (Lipinski definition) is 1. The molecule has 1 saturated heterocycles. The maximum Gasteiger partial charge on any atom is 0.236 e. The summed E-state index contributed by atoms with van der Waals surface area (Å²) in [4.78, 5) is 0. The monoisotopic (exact) mass is 319 g/mol. The minimum atomic E-state index is -3.74. The van der Waals surface area contributed by atoms with Crippen molar-refractivity contribution in [2.75, 3.05) is 23.3 Å². The van der Waals surface area contributed by atoms with Gasteiger partial charge in [0.2, 0.25) is 10.0 Å². The predicted octanol–water partition coefficient (Wildman–Crippen LogP) is 0.932. The zero-order valence-electron chi connectivity index (χ0n) is 11.3. The third-order valence-corrected chi connectivity index (χ3v) is 7.00. The lowest BCUT2D eigenvalue weighted by molar-refractivity contribution is 0.416. The summed E-state index contributed by atoms with van der Waals surface area (Å²) in [5.74, 6) is 0.0000205. The fourth-order valence-corrected chi connectivity index (χ4v) is 6.24. The van der Waals surface area contributed by atoms with Crippen LogP contribution in [-0.2, 0) is 19.9 Å². The average molecular weight is 319 g/mol. The van der Waals surface area contributed by atoms with Crippen molar-refractivity contribution in [3.8, 4) is 5.75 Å². The van der Waals surface area contributed by atoms with Gasteiger partial charge in [0.05, 0.1) is 29.6 Å². The van der Waals surface area contributed by atoms with E-state index in [9.17, 15) is 16.8 Å². The highest BCUT2D eigenvalue weighted by molar-refractivity contribution is 7.97. The molecule has 1 aliphatic heterocycles. The summed E-state index contributed by atoms with van der Waals surface area (Å²) in [6, 6.07) is 5.12. The number of hydrogen-bond acceptors (Lipinski definition) is 5. The van der Waals surface area contributed by atoms with Crippen molar-refractivity contribution >= 4 is 25.5 Å². The van der Waals surface area contributed by atoms with E-state index in [0.717, 1.165) is 5.56 Å². The third-order valence-electron chi connectivity index (χ3n) is 3.24. The summed E-state index contributed by atoms with van der Waals surface area (Å²) in [6.07, 6.45) is 0.131. The van der Waals surface area contributed by atoms with Crippen LogP contribution in [0.2, 0.25) is 0 Å². The summed E-state index contributed by atoms with van der Waals surface area (Å²) >= 11 is 0. The smallest absolute Gasteiger partial charge is 0.236 e. The number of aryl methyl sites for hydroxylation is 1. The minimum Gasteiger partial charge on any atom is -0.495 e. The molecule has 1 N–H and O–H groups in total. The Morgan fingerprint density at radius 3 is 2.60 bits per heavy atom. The Morgan fingerprint density at radius 2 is 2.05 bits per heavy atom. The molecule has 2 rings (SSSR count). The molecule has 20 heavy (non-hydrogen) atoms. The number of methoxy groups -OCH3 is 1. The van der Waals surface area contributed by atoms with Crippen LogP contribution in [0.1, 0.15) is 12.0 Å². The zero-order chi connectivity index (χ0) is 15.0. The van der Waals surface area contributed by atoms with Crippen molar-refractivity contribution < 1.29 is 21.6 Å². The van der Waals surface area contributed by atoms with Gasteiger partial charge in [-0.15, -0.1) is 0 Å². The van der Waals surface area contributed by atoms with Gasteiger partial charge in [-0.2, -0.15) is 0 Å². The van der Waals surface area contributed by atoms with Gasteiger partial charge < -0.3 is 4.74 Å². The van der Waals surface area contributed by atoms with Crippen LogP contribution in [0.25, 0.3) is 0 Å². The van der Waals surface area contributed by atoms with Crippen LogP contribution in [0.5, 0.6) is 5.75 Å². The van der Waals surface area contributed by atoms with Crippen LogP contribution in [0.4, 0.5) is 5.69 Å². The van der Waals surface area contributed by atoms with Gasteiger partial charge in [0.25, 0.3) is 0 Å². The fraction of sp³-hybridized carbons (Fsp3) is 0.500. The van der Waals surface area contributed by atoms with E-state index in [2.05, 4.69) is 4.72 Å². The molecule has 0 bridgehead atoms. The Kier molecular flexibility index (Phi) is 3.97. The second kappa shape index (κ2) is 5.25. The first-order chi connectivity index (χ1) is 9.23. The van der Waals surface area contributed by atoms with Crippen molar-refractivity contribution in [1.82, 2.24) is 0 Å². The van der Waals surface area contributed by atoms with Crippen molar-refractivity contribution in [3.05, 3.63) is 23.8 Å². The van der Waals surface area contributed by atoms with E-state index < -0.39 is 25.1 Å². The van der Waals surface area contributed by atoms with E-state index in [1.54, 1.807) is 18.2 Å². The number of sulfonamides is 1. The van der Waals surface area contributed by atoms with Gasteiger partial charge in [0, 0.05) is 0 Å². The van der Waals surface area contributed by atoms with Crippen molar-refractivity contribution in [3.63, 3.8) is 0 Å². The summed E-state index contributed by atoms with van der Waals surface area (Å²) in [7, 11) is -5.54. The summed E-state index contributed by atoms with van der Waals surface area (Å²) < 4.78 is 54.8. The number of ether oxygens (including phenoxy) is 1. The maximum atomic E-state index is 12.2. The van der Waals surface area contributed by atoms with Crippen LogP contribution < -0.4 is 9.46 Å². The molecular weight excluding hydrogens is 302 g/mol. The molecule has 1 heterocycles. The first-order valence-electron chi connectivity index (χ1n) is 6.10. The van der Waals surface area contributed by atoms with Crippen molar-refractivity contribution in [2.45, 2.75) is 18.6 Å². The Labute approximate surface area is 119 Å². The predicted molar refractivity (Wildman–Crippen MR) is 77.3 cm³/mol. The lowest BCUT2D eigenvalue weighted by Gasteiger charge is -2.15. The SMILES string of the molecule is COc1ccc(C)cc1NS(=O)(=O)[C@H]1CCS(=O)(=O)C1. The topological polar surface area (TPSA) is 89.5 Å². The molecule has 112 valence electrons. The van der Waals surface area contributed by atoms with Gasteiger partial charge >= 0.3 is 0 Å². The molecule has 0 unspecified atom stereocenters. The Bertz CT molecular complexity index is 709. The first kappa shape index (κ1) is 15.1. The molecule has 1 fully saturated rings. The number of benzene rings is 1. The highest BCUT2D eigenvalue weighted by atomic mass is 32.2. The maximum absolute atomic E-state index is 12.2. The van der Waals surface area contributed by atoms with Gasteiger partial charge in [0.15, 0.2) is 9.84 Å². The van der Waals surface area contributed by atoms with E-state index in [0.29, 0.717) is 11.4 Å². The molecule has 0 amide bonds. The lowest BCUT2D eigenvalue weighted by atomic mass is 10.2. The summed E-state index contributed by atoms with van der Waals surface area (Å²) in [5, 5.41) is -0.905. The van der Waals surface area contributed by atoms with Crippen LogP contribution in [0.3, 0.4) is 0 Å². The fourth-order valence-electron chi connectivity index (χ4n) is 2.14. The second-order valence-corrected chi connectivity index (χ2v) is 9.07. The van der Waals surface area contributed by atoms with Gasteiger partial charge in [-0.3, -0.25) is 4.72 Å².